The lowest BCUT2D eigenvalue weighted by Crippen LogP contribution is -2.41. The molecule has 0 saturated heterocycles. The number of carbonyl (C=O) groups excluding carboxylic acids is 2. The van der Waals surface area contributed by atoms with Crippen LogP contribution < -0.4 is 21.9 Å². The maximum Gasteiger partial charge on any atom is 0.339 e. The molecule has 0 spiro atoms. The zero-order valence-corrected chi connectivity index (χ0v) is 19.7. The van der Waals surface area contributed by atoms with Crippen LogP contribution in [0.1, 0.15) is 39.0 Å². The third kappa shape index (κ3) is 5.64. The first-order valence-electron chi connectivity index (χ1n) is 10.9. The van der Waals surface area contributed by atoms with Gasteiger partial charge in [0.1, 0.15) is 11.5 Å². The summed E-state index contributed by atoms with van der Waals surface area (Å²) in [7, 11) is 1.47. The largest absolute Gasteiger partial charge is 0.462 e. The van der Waals surface area contributed by atoms with Crippen molar-refractivity contribution >= 4 is 23.4 Å². The molecule has 0 aliphatic heterocycles. The van der Waals surface area contributed by atoms with E-state index in [1.54, 1.807) is 38.1 Å². The number of nitrogens with two attached hydrogens (primary N) is 1. The summed E-state index contributed by atoms with van der Waals surface area (Å²) in [6.45, 7) is 3.69. The van der Waals surface area contributed by atoms with Gasteiger partial charge in [0.25, 0.3) is 11.5 Å². The summed E-state index contributed by atoms with van der Waals surface area (Å²) in [6.07, 6.45) is 0. The first-order chi connectivity index (χ1) is 16.8. The van der Waals surface area contributed by atoms with Gasteiger partial charge in [0.05, 0.1) is 37.6 Å². The van der Waals surface area contributed by atoms with Crippen molar-refractivity contribution in [3.63, 3.8) is 0 Å². The number of nitrogens with one attached hydrogen (secondary N) is 1. The minimum absolute atomic E-state index is 0.0140. The number of methoxy groups -OCH3 is 1. The summed E-state index contributed by atoms with van der Waals surface area (Å²) < 4.78 is 11.2. The van der Waals surface area contributed by atoms with E-state index in [1.165, 1.54) is 19.2 Å². The van der Waals surface area contributed by atoms with Crippen molar-refractivity contribution in [2.45, 2.75) is 26.9 Å². The average Bonchev–Trinajstić information content (AvgIpc) is 2.83. The van der Waals surface area contributed by atoms with Crippen LogP contribution >= 0.6 is 0 Å². The molecule has 1 aromatic carbocycles. The first-order valence-corrected chi connectivity index (χ1v) is 10.9. The van der Waals surface area contributed by atoms with E-state index in [2.05, 4.69) is 9.97 Å². The summed E-state index contributed by atoms with van der Waals surface area (Å²) in [4.78, 5) is 58.7. The Kier molecular flexibility index (Phi) is 8.16. The Morgan fingerprint density at radius 1 is 1.14 bits per heavy atom. The number of amides is 1. The fraction of sp³-hybridized carbons (Fsp3) is 0.292. The van der Waals surface area contributed by atoms with E-state index in [0.717, 1.165) is 9.47 Å². The van der Waals surface area contributed by atoms with Gasteiger partial charge in [-0.1, -0.05) is 30.3 Å². The molecule has 0 unspecified atom stereocenters. The number of ether oxygens (including phenoxy) is 2. The van der Waals surface area contributed by atoms with E-state index in [9.17, 15) is 19.2 Å². The van der Waals surface area contributed by atoms with Crippen molar-refractivity contribution in [3.05, 3.63) is 85.8 Å². The molecule has 1 amide bonds. The molecule has 0 aliphatic carbocycles. The number of nitrogens with zero attached hydrogens (tertiary/aromatic N) is 3. The number of H-pyrrole nitrogens is 1. The minimum atomic E-state index is -0.815. The molecule has 0 fully saturated rings. The fourth-order valence-electron chi connectivity index (χ4n) is 3.50. The highest BCUT2D eigenvalue weighted by Crippen LogP contribution is 2.22. The van der Waals surface area contributed by atoms with E-state index in [1.807, 2.05) is 6.07 Å². The molecule has 3 N–H and O–H groups in total. The first kappa shape index (κ1) is 25.4. The van der Waals surface area contributed by atoms with Crippen LogP contribution in [-0.4, -0.2) is 46.7 Å². The monoisotopic (exact) mass is 481 g/mol. The average molecular weight is 482 g/mol. The van der Waals surface area contributed by atoms with Crippen LogP contribution in [0.4, 0.5) is 11.5 Å². The zero-order chi connectivity index (χ0) is 25.5. The van der Waals surface area contributed by atoms with Crippen molar-refractivity contribution < 1.29 is 19.1 Å². The van der Waals surface area contributed by atoms with Crippen LogP contribution in [-0.2, 0) is 22.6 Å². The van der Waals surface area contributed by atoms with Gasteiger partial charge in [-0.15, -0.1) is 0 Å². The number of pyridine rings is 1. The number of nitrogen functional groups attached to an aromatic ring is 1. The molecule has 0 radical (unpaired) electrons. The predicted octanol–water partition coefficient (Wildman–Crippen LogP) is 1.49. The molecular formula is C24H27N5O6. The highest BCUT2D eigenvalue weighted by atomic mass is 16.5. The molecule has 3 aromatic rings. The predicted molar refractivity (Wildman–Crippen MR) is 129 cm³/mol. The van der Waals surface area contributed by atoms with Gasteiger partial charge in [0, 0.05) is 7.11 Å². The number of hydrogen-bond donors (Lipinski definition) is 2. The Morgan fingerprint density at radius 2 is 1.86 bits per heavy atom. The lowest BCUT2D eigenvalue weighted by molar-refractivity contribution is 0.0524. The maximum absolute atomic E-state index is 13.7. The molecule has 184 valence electrons. The summed E-state index contributed by atoms with van der Waals surface area (Å²) in [6, 6.07) is 11.8. The SMILES string of the molecule is CCOC(=O)c1ccc(C(=O)N(Cc2ccccc2)c2c(N)n(CCOC)c(=O)[nH]c2=O)nc1C. The second kappa shape index (κ2) is 11.3. The van der Waals surface area contributed by atoms with Crippen molar-refractivity contribution in [2.24, 2.45) is 0 Å². The van der Waals surface area contributed by atoms with Crippen LogP contribution in [0.2, 0.25) is 0 Å². The Labute approximate surface area is 201 Å². The maximum atomic E-state index is 13.7. The number of benzene rings is 1. The Balaban J connectivity index is 2.12. The zero-order valence-electron chi connectivity index (χ0n) is 19.7. The molecule has 11 nitrogen and oxygen atoms in total. The number of hydrogen-bond acceptors (Lipinski definition) is 8. The molecule has 0 bridgehead atoms. The second-order valence-corrected chi connectivity index (χ2v) is 7.56. The van der Waals surface area contributed by atoms with Crippen molar-refractivity contribution in [2.75, 3.05) is 31.0 Å². The molecule has 0 aliphatic rings. The van der Waals surface area contributed by atoms with Crippen LogP contribution in [0.5, 0.6) is 0 Å². The molecule has 3 rings (SSSR count). The van der Waals surface area contributed by atoms with E-state index < -0.39 is 23.1 Å². The van der Waals surface area contributed by atoms with E-state index in [4.69, 9.17) is 15.2 Å². The number of aromatic amines is 1. The normalized spacial score (nSPS) is 10.7. The molecular weight excluding hydrogens is 454 g/mol. The molecule has 0 saturated carbocycles. The van der Waals surface area contributed by atoms with Gasteiger partial charge < -0.3 is 15.2 Å². The van der Waals surface area contributed by atoms with Crippen LogP contribution in [0, 0.1) is 6.92 Å². The molecule has 2 aromatic heterocycles. The number of anilines is 2. The summed E-state index contributed by atoms with van der Waals surface area (Å²) >= 11 is 0. The standard InChI is InChI=1S/C24H27N5O6/c1-4-35-23(32)17-10-11-18(26-15(17)2)22(31)29(14-16-8-6-5-7-9-16)19-20(25)28(12-13-34-3)24(33)27-21(19)30/h5-11H,4,12-14,25H2,1-3H3,(H,27,30,33). The van der Waals surface area contributed by atoms with Crippen LogP contribution in [0.3, 0.4) is 0 Å². The Morgan fingerprint density at radius 3 is 2.49 bits per heavy atom. The van der Waals surface area contributed by atoms with E-state index in [-0.39, 0.29) is 49.1 Å². The molecule has 11 heteroatoms. The van der Waals surface area contributed by atoms with Crippen LogP contribution in [0.15, 0.2) is 52.1 Å². The van der Waals surface area contributed by atoms with Gasteiger partial charge in [0.15, 0.2) is 5.69 Å². The topological polar surface area (TPSA) is 150 Å². The van der Waals surface area contributed by atoms with Crippen molar-refractivity contribution in [1.82, 2.24) is 14.5 Å². The Bertz CT molecular complexity index is 1330. The molecule has 0 atom stereocenters. The van der Waals surface area contributed by atoms with Gasteiger partial charge in [-0.05, 0) is 31.5 Å². The summed E-state index contributed by atoms with van der Waals surface area (Å²) in [5.41, 5.74) is 5.74. The smallest absolute Gasteiger partial charge is 0.339 e. The van der Waals surface area contributed by atoms with Gasteiger partial charge in [-0.25, -0.2) is 14.6 Å². The van der Waals surface area contributed by atoms with Gasteiger partial charge in [-0.3, -0.25) is 24.0 Å². The lowest BCUT2D eigenvalue weighted by Gasteiger charge is -2.24. The number of aromatic nitrogens is 3. The third-order valence-corrected chi connectivity index (χ3v) is 5.23. The summed E-state index contributed by atoms with van der Waals surface area (Å²) in [5.74, 6) is -1.37. The highest BCUT2D eigenvalue weighted by Gasteiger charge is 2.27. The molecule has 2 heterocycles. The molecule has 35 heavy (non-hydrogen) atoms. The second-order valence-electron chi connectivity index (χ2n) is 7.56. The number of esters is 1. The quantitative estimate of drug-likeness (QED) is 0.437. The van der Waals surface area contributed by atoms with Gasteiger partial charge in [0.2, 0.25) is 0 Å². The van der Waals surface area contributed by atoms with E-state index in [0.29, 0.717) is 11.3 Å². The lowest BCUT2D eigenvalue weighted by atomic mass is 10.1. The van der Waals surface area contributed by atoms with E-state index >= 15 is 0 Å². The van der Waals surface area contributed by atoms with Gasteiger partial charge >= 0.3 is 11.7 Å². The Hall–Kier alpha value is -4.25. The number of aryl methyl sites for hydroxylation is 1. The van der Waals surface area contributed by atoms with Crippen LogP contribution in [0.25, 0.3) is 0 Å². The van der Waals surface area contributed by atoms with Gasteiger partial charge in [-0.2, -0.15) is 0 Å². The fourth-order valence-corrected chi connectivity index (χ4v) is 3.50. The third-order valence-electron chi connectivity index (χ3n) is 5.23. The number of rotatable bonds is 9. The number of carbonyl (C=O) groups is 2. The minimum Gasteiger partial charge on any atom is -0.462 e. The van der Waals surface area contributed by atoms with Crippen molar-refractivity contribution in [1.29, 1.82) is 0 Å². The van der Waals surface area contributed by atoms with Crippen molar-refractivity contribution in [3.8, 4) is 0 Å². The summed E-state index contributed by atoms with van der Waals surface area (Å²) in [5, 5.41) is 0. The highest BCUT2D eigenvalue weighted by molar-refractivity contribution is 6.06.